The molecule has 1 aliphatic heterocycles. The van der Waals surface area contributed by atoms with E-state index >= 15 is 0 Å². The van der Waals surface area contributed by atoms with Crippen molar-refractivity contribution in [1.29, 1.82) is 0 Å². The third kappa shape index (κ3) is 4.35. The van der Waals surface area contributed by atoms with E-state index in [1.807, 2.05) is 0 Å². The standard InChI is InChI=1S/C19H31N3O2S/c1-14-11-15(2)17(16(3)12-14)7-8-21-18(20-6)22-9-10-25(23,24)19(4,5)13-22/h11-12H,7-10,13H2,1-6H3,(H,20,21). The predicted molar refractivity (Wildman–Crippen MR) is 105 cm³/mol. The maximum absolute atomic E-state index is 12.2. The molecule has 0 radical (unpaired) electrons. The first kappa shape index (κ1) is 19.8. The number of hydrogen-bond acceptors (Lipinski definition) is 3. The number of rotatable bonds is 3. The normalized spacial score (nSPS) is 19.8. The van der Waals surface area contributed by atoms with Crippen molar-refractivity contribution in [3.63, 3.8) is 0 Å². The Morgan fingerprint density at radius 3 is 2.36 bits per heavy atom. The fourth-order valence-corrected chi connectivity index (χ4v) is 4.93. The van der Waals surface area contributed by atoms with Gasteiger partial charge in [0.05, 0.1) is 10.5 Å². The summed E-state index contributed by atoms with van der Waals surface area (Å²) in [5, 5.41) is 3.40. The Bertz CT molecular complexity index is 744. The van der Waals surface area contributed by atoms with Crippen molar-refractivity contribution in [2.45, 2.75) is 45.8 Å². The van der Waals surface area contributed by atoms with Crippen LogP contribution in [0.25, 0.3) is 0 Å². The number of hydrogen-bond donors (Lipinski definition) is 1. The minimum absolute atomic E-state index is 0.177. The Balaban J connectivity index is 2.01. The van der Waals surface area contributed by atoms with Crippen LogP contribution >= 0.6 is 0 Å². The van der Waals surface area contributed by atoms with Crippen LogP contribution in [0, 0.1) is 20.8 Å². The van der Waals surface area contributed by atoms with Crippen molar-refractivity contribution in [2.75, 3.05) is 32.4 Å². The Kier molecular flexibility index (Phi) is 5.82. The highest BCUT2D eigenvalue weighted by molar-refractivity contribution is 7.92. The number of nitrogens with zero attached hydrogens (tertiary/aromatic N) is 2. The van der Waals surface area contributed by atoms with Crippen LogP contribution in [0.2, 0.25) is 0 Å². The average Bonchev–Trinajstić information content (AvgIpc) is 2.49. The van der Waals surface area contributed by atoms with Gasteiger partial charge in [0.1, 0.15) is 0 Å². The van der Waals surface area contributed by atoms with Gasteiger partial charge in [-0.15, -0.1) is 0 Å². The highest BCUT2D eigenvalue weighted by atomic mass is 32.2. The largest absolute Gasteiger partial charge is 0.356 e. The molecule has 1 heterocycles. The summed E-state index contributed by atoms with van der Waals surface area (Å²) in [6.07, 6.45) is 0.923. The molecule has 1 N–H and O–H groups in total. The van der Waals surface area contributed by atoms with Gasteiger partial charge in [-0.25, -0.2) is 8.42 Å². The molecular formula is C19H31N3O2S. The summed E-state index contributed by atoms with van der Waals surface area (Å²) >= 11 is 0. The predicted octanol–water partition coefficient (Wildman–Crippen LogP) is 2.24. The van der Waals surface area contributed by atoms with E-state index in [4.69, 9.17) is 0 Å². The fraction of sp³-hybridized carbons (Fsp3) is 0.632. The maximum Gasteiger partial charge on any atom is 0.193 e. The van der Waals surface area contributed by atoms with Crippen molar-refractivity contribution in [3.8, 4) is 0 Å². The molecule has 1 aromatic rings. The van der Waals surface area contributed by atoms with Crippen LogP contribution in [-0.4, -0.2) is 56.5 Å². The molecular weight excluding hydrogens is 334 g/mol. The lowest BCUT2D eigenvalue weighted by molar-refractivity contribution is 0.353. The van der Waals surface area contributed by atoms with Crippen molar-refractivity contribution < 1.29 is 8.42 Å². The van der Waals surface area contributed by atoms with Crippen LogP contribution in [-0.2, 0) is 16.3 Å². The lowest BCUT2D eigenvalue weighted by atomic mass is 9.97. The SMILES string of the molecule is CN=C(NCCc1c(C)cc(C)cc1C)N1CCS(=O)(=O)C(C)(C)C1. The van der Waals surface area contributed by atoms with E-state index in [1.165, 1.54) is 22.3 Å². The highest BCUT2D eigenvalue weighted by Gasteiger charge is 2.40. The smallest absolute Gasteiger partial charge is 0.193 e. The number of nitrogens with one attached hydrogen (secondary N) is 1. The van der Waals surface area contributed by atoms with Crippen LogP contribution in [0.3, 0.4) is 0 Å². The molecule has 5 nitrogen and oxygen atoms in total. The van der Waals surface area contributed by atoms with Crippen LogP contribution in [0.5, 0.6) is 0 Å². The Hall–Kier alpha value is -1.56. The molecule has 0 unspecified atom stereocenters. The Morgan fingerprint density at radius 2 is 1.84 bits per heavy atom. The molecule has 1 saturated heterocycles. The molecule has 0 aliphatic carbocycles. The zero-order chi connectivity index (χ0) is 18.8. The molecule has 6 heteroatoms. The molecule has 0 aromatic heterocycles. The summed E-state index contributed by atoms with van der Waals surface area (Å²) in [6, 6.07) is 4.43. The number of aryl methyl sites for hydroxylation is 3. The highest BCUT2D eigenvalue weighted by Crippen LogP contribution is 2.23. The zero-order valence-corrected chi connectivity index (χ0v) is 17.1. The molecule has 2 rings (SSSR count). The number of aliphatic imine (C=N–C) groups is 1. The topological polar surface area (TPSA) is 61.8 Å². The molecule has 1 aliphatic rings. The first-order valence-electron chi connectivity index (χ1n) is 8.82. The summed E-state index contributed by atoms with van der Waals surface area (Å²) in [5.74, 6) is 0.960. The monoisotopic (exact) mass is 365 g/mol. The van der Waals surface area contributed by atoms with Gasteiger partial charge in [-0.05, 0) is 57.7 Å². The molecule has 0 amide bonds. The Labute approximate surface area is 152 Å². The molecule has 0 bridgehead atoms. The van der Waals surface area contributed by atoms with Crippen molar-refractivity contribution >= 4 is 15.8 Å². The lowest BCUT2D eigenvalue weighted by Gasteiger charge is -2.39. The number of guanidine groups is 1. The van der Waals surface area contributed by atoms with E-state index in [0.29, 0.717) is 13.1 Å². The van der Waals surface area contributed by atoms with Crippen LogP contribution in [0.4, 0.5) is 0 Å². The second-order valence-electron chi connectivity index (χ2n) is 7.60. The van der Waals surface area contributed by atoms with E-state index in [-0.39, 0.29) is 5.75 Å². The van der Waals surface area contributed by atoms with E-state index in [0.717, 1.165) is 18.9 Å². The fourth-order valence-electron chi connectivity index (χ4n) is 3.56. The first-order valence-corrected chi connectivity index (χ1v) is 10.5. The molecule has 140 valence electrons. The second kappa shape index (κ2) is 7.36. The quantitative estimate of drug-likeness (QED) is 0.659. The third-order valence-electron chi connectivity index (χ3n) is 5.05. The lowest BCUT2D eigenvalue weighted by Crippen LogP contribution is -2.57. The first-order chi connectivity index (χ1) is 11.6. The van der Waals surface area contributed by atoms with Crippen molar-refractivity contribution in [3.05, 3.63) is 34.4 Å². The molecule has 25 heavy (non-hydrogen) atoms. The molecule has 0 spiro atoms. The summed E-state index contributed by atoms with van der Waals surface area (Å²) in [5.41, 5.74) is 5.30. The second-order valence-corrected chi connectivity index (χ2v) is 10.3. The maximum atomic E-state index is 12.2. The van der Waals surface area contributed by atoms with Gasteiger partial charge in [0.25, 0.3) is 0 Å². The van der Waals surface area contributed by atoms with E-state index < -0.39 is 14.6 Å². The molecule has 0 saturated carbocycles. The minimum Gasteiger partial charge on any atom is -0.356 e. The Morgan fingerprint density at radius 1 is 1.24 bits per heavy atom. The van der Waals surface area contributed by atoms with Gasteiger partial charge in [0.15, 0.2) is 15.8 Å². The molecule has 1 fully saturated rings. The van der Waals surface area contributed by atoms with Gasteiger partial charge in [-0.3, -0.25) is 4.99 Å². The van der Waals surface area contributed by atoms with E-state index in [2.05, 4.69) is 48.1 Å². The van der Waals surface area contributed by atoms with Gasteiger partial charge in [0, 0.05) is 26.7 Å². The number of benzene rings is 1. The zero-order valence-electron chi connectivity index (χ0n) is 16.3. The van der Waals surface area contributed by atoms with Crippen LogP contribution in [0.1, 0.15) is 36.1 Å². The van der Waals surface area contributed by atoms with Crippen LogP contribution < -0.4 is 5.32 Å². The van der Waals surface area contributed by atoms with E-state index in [9.17, 15) is 8.42 Å². The van der Waals surface area contributed by atoms with Crippen molar-refractivity contribution in [1.82, 2.24) is 10.2 Å². The van der Waals surface area contributed by atoms with Gasteiger partial charge < -0.3 is 10.2 Å². The van der Waals surface area contributed by atoms with Gasteiger partial charge in [0.2, 0.25) is 0 Å². The third-order valence-corrected chi connectivity index (χ3v) is 7.59. The van der Waals surface area contributed by atoms with Crippen LogP contribution in [0.15, 0.2) is 17.1 Å². The van der Waals surface area contributed by atoms with Gasteiger partial charge in [-0.1, -0.05) is 17.7 Å². The van der Waals surface area contributed by atoms with Gasteiger partial charge in [-0.2, -0.15) is 0 Å². The summed E-state index contributed by atoms with van der Waals surface area (Å²) in [4.78, 5) is 6.40. The van der Waals surface area contributed by atoms with Gasteiger partial charge >= 0.3 is 0 Å². The minimum atomic E-state index is -3.04. The summed E-state index contributed by atoms with van der Waals surface area (Å²) < 4.78 is 23.6. The number of sulfone groups is 1. The average molecular weight is 366 g/mol. The van der Waals surface area contributed by atoms with Crippen molar-refractivity contribution in [2.24, 2.45) is 4.99 Å². The molecule has 1 aromatic carbocycles. The summed E-state index contributed by atoms with van der Waals surface area (Å²) in [7, 11) is -1.29. The molecule has 0 atom stereocenters. The van der Waals surface area contributed by atoms with E-state index in [1.54, 1.807) is 20.9 Å². The summed E-state index contributed by atoms with van der Waals surface area (Å²) in [6.45, 7) is 11.8.